The zero-order valence-electron chi connectivity index (χ0n) is 11.9. The molecule has 0 aromatic carbocycles. The summed E-state index contributed by atoms with van der Waals surface area (Å²) in [5, 5.41) is 24.3. The first-order valence-corrected chi connectivity index (χ1v) is 7.49. The van der Waals surface area contributed by atoms with Crippen molar-refractivity contribution in [2.75, 3.05) is 11.9 Å². The average Bonchev–Trinajstić information content (AvgIpc) is 2.62. The van der Waals surface area contributed by atoms with E-state index in [2.05, 4.69) is 16.7 Å². The average molecular weight is 307 g/mol. The van der Waals surface area contributed by atoms with Gasteiger partial charge in [-0.25, -0.2) is 0 Å². The van der Waals surface area contributed by atoms with Crippen molar-refractivity contribution in [3.8, 4) is 6.07 Å². The molecule has 0 unspecified atom stereocenters. The number of carbonyl (C=O) groups is 2. The summed E-state index contributed by atoms with van der Waals surface area (Å²) in [6.45, 7) is 3.65. The van der Waals surface area contributed by atoms with E-state index in [9.17, 15) is 14.7 Å². The molecule has 0 radical (unpaired) electrons. The highest BCUT2D eigenvalue weighted by Gasteiger charge is 2.44. The Morgan fingerprint density at radius 3 is 2.57 bits per heavy atom. The number of carboxylic acids is 1. The van der Waals surface area contributed by atoms with Gasteiger partial charge in [0.05, 0.1) is 12.1 Å². The van der Waals surface area contributed by atoms with Crippen LogP contribution in [0.25, 0.3) is 0 Å². The van der Waals surface area contributed by atoms with Gasteiger partial charge in [0.1, 0.15) is 16.6 Å². The number of aliphatic carboxylic acids is 1. The van der Waals surface area contributed by atoms with Crippen LogP contribution in [0.4, 0.5) is 5.00 Å². The number of nitrogens with zero attached hydrogens (tertiary/aromatic N) is 1. The molecule has 0 bridgehead atoms. The zero-order valence-corrected chi connectivity index (χ0v) is 12.8. The van der Waals surface area contributed by atoms with E-state index in [0.717, 1.165) is 16.9 Å². The summed E-state index contributed by atoms with van der Waals surface area (Å²) < 4.78 is 0. The van der Waals surface area contributed by atoms with Crippen molar-refractivity contribution in [1.29, 1.82) is 5.26 Å². The molecule has 0 saturated heterocycles. The number of rotatable bonds is 5. The first kappa shape index (κ1) is 15.5. The number of hydrogen-bond acceptors (Lipinski definition) is 5. The molecule has 7 heteroatoms. The Morgan fingerprint density at radius 1 is 1.43 bits per heavy atom. The number of carboxylic acid groups (broad SMARTS) is 1. The molecule has 3 N–H and O–H groups in total. The van der Waals surface area contributed by atoms with Gasteiger partial charge < -0.3 is 10.4 Å². The number of amides is 1. The van der Waals surface area contributed by atoms with Crippen molar-refractivity contribution in [3.05, 3.63) is 16.0 Å². The summed E-state index contributed by atoms with van der Waals surface area (Å²) in [5.74, 6) is -1.25. The Bertz CT molecular complexity index is 626. The van der Waals surface area contributed by atoms with Crippen LogP contribution < -0.4 is 10.6 Å². The molecule has 0 atom stereocenters. The van der Waals surface area contributed by atoms with Crippen molar-refractivity contribution in [2.45, 2.75) is 38.6 Å². The molecule has 1 aromatic rings. The molecule has 1 saturated carbocycles. The minimum atomic E-state index is -0.962. The third-order valence-corrected chi connectivity index (χ3v) is 5.08. The van der Waals surface area contributed by atoms with Gasteiger partial charge in [-0.2, -0.15) is 5.26 Å². The van der Waals surface area contributed by atoms with Crippen LogP contribution in [0.5, 0.6) is 0 Å². The lowest BCUT2D eigenvalue weighted by Crippen LogP contribution is -2.58. The third kappa shape index (κ3) is 2.91. The van der Waals surface area contributed by atoms with E-state index >= 15 is 0 Å². The predicted molar refractivity (Wildman–Crippen MR) is 79.4 cm³/mol. The van der Waals surface area contributed by atoms with Gasteiger partial charge >= 0.3 is 5.97 Å². The lowest BCUT2D eigenvalue weighted by molar-refractivity contribution is -0.148. The van der Waals surface area contributed by atoms with Crippen molar-refractivity contribution < 1.29 is 14.7 Å². The van der Waals surface area contributed by atoms with Gasteiger partial charge in [0.15, 0.2) is 0 Å². The van der Waals surface area contributed by atoms with Crippen molar-refractivity contribution in [2.24, 2.45) is 0 Å². The molecule has 1 heterocycles. The second kappa shape index (κ2) is 5.84. The zero-order chi connectivity index (χ0) is 15.6. The summed E-state index contributed by atoms with van der Waals surface area (Å²) in [5.41, 5.74) is 0.380. The van der Waals surface area contributed by atoms with Gasteiger partial charge in [0.25, 0.3) is 0 Å². The molecule has 1 amide bonds. The first-order valence-electron chi connectivity index (χ1n) is 6.68. The predicted octanol–water partition coefficient (Wildman–Crippen LogP) is 1.77. The van der Waals surface area contributed by atoms with Crippen LogP contribution in [0.3, 0.4) is 0 Å². The van der Waals surface area contributed by atoms with E-state index in [0.29, 0.717) is 23.4 Å². The number of anilines is 1. The maximum absolute atomic E-state index is 11.9. The van der Waals surface area contributed by atoms with E-state index in [1.165, 1.54) is 11.3 Å². The van der Waals surface area contributed by atoms with Crippen LogP contribution in [-0.4, -0.2) is 29.1 Å². The fraction of sp³-hybridized carbons (Fsp3) is 0.500. The molecule has 21 heavy (non-hydrogen) atoms. The number of nitriles is 1. The van der Waals surface area contributed by atoms with Crippen LogP contribution >= 0.6 is 11.3 Å². The molecule has 1 aromatic heterocycles. The minimum Gasteiger partial charge on any atom is -0.480 e. The van der Waals surface area contributed by atoms with Crippen LogP contribution in [0, 0.1) is 25.2 Å². The van der Waals surface area contributed by atoms with E-state index in [4.69, 9.17) is 5.26 Å². The Hall–Kier alpha value is -1.91. The SMILES string of the molecule is Cc1sc(NC(=O)CNC2(C(=O)O)CCC2)c(C#N)c1C. The highest BCUT2D eigenvalue weighted by atomic mass is 32.1. The summed E-state index contributed by atoms with van der Waals surface area (Å²) >= 11 is 1.35. The summed E-state index contributed by atoms with van der Waals surface area (Å²) in [4.78, 5) is 24.1. The third-order valence-electron chi connectivity index (χ3n) is 3.95. The molecule has 1 aliphatic carbocycles. The lowest BCUT2D eigenvalue weighted by Gasteiger charge is -2.38. The molecule has 6 nitrogen and oxygen atoms in total. The lowest BCUT2D eigenvalue weighted by atomic mass is 9.77. The Labute approximate surface area is 126 Å². The van der Waals surface area contributed by atoms with Gasteiger partial charge in [-0.05, 0) is 38.7 Å². The highest BCUT2D eigenvalue weighted by Crippen LogP contribution is 2.33. The van der Waals surface area contributed by atoms with Crippen molar-refractivity contribution in [3.63, 3.8) is 0 Å². The Kier molecular flexibility index (Phi) is 4.30. The molecule has 1 aliphatic rings. The minimum absolute atomic E-state index is 0.0762. The van der Waals surface area contributed by atoms with Crippen LogP contribution in [0.15, 0.2) is 0 Å². The van der Waals surface area contributed by atoms with Crippen LogP contribution in [0.1, 0.15) is 35.3 Å². The van der Waals surface area contributed by atoms with Gasteiger partial charge in [0.2, 0.25) is 5.91 Å². The fourth-order valence-electron chi connectivity index (χ4n) is 2.27. The smallest absolute Gasteiger partial charge is 0.323 e. The number of thiophene rings is 1. The van der Waals surface area contributed by atoms with E-state index in [1.54, 1.807) is 0 Å². The standard InChI is InChI=1S/C14H17N3O3S/c1-8-9(2)21-12(10(8)6-15)17-11(18)7-16-14(13(19)20)4-3-5-14/h16H,3-5,7H2,1-2H3,(H,17,18)(H,19,20). The molecule has 112 valence electrons. The monoisotopic (exact) mass is 307 g/mol. The number of carbonyl (C=O) groups excluding carboxylic acids is 1. The second-order valence-corrected chi connectivity index (χ2v) is 6.47. The Morgan fingerprint density at radius 2 is 2.10 bits per heavy atom. The molecular weight excluding hydrogens is 290 g/mol. The molecule has 2 rings (SSSR count). The van der Waals surface area contributed by atoms with Crippen LogP contribution in [-0.2, 0) is 9.59 Å². The van der Waals surface area contributed by atoms with Gasteiger partial charge in [-0.15, -0.1) is 11.3 Å². The first-order chi connectivity index (χ1) is 9.89. The topological polar surface area (TPSA) is 102 Å². The van der Waals surface area contributed by atoms with Gasteiger partial charge in [0, 0.05) is 4.88 Å². The molecule has 1 fully saturated rings. The van der Waals surface area contributed by atoms with E-state index in [1.807, 2.05) is 13.8 Å². The van der Waals surface area contributed by atoms with E-state index < -0.39 is 11.5 Å². The normalized spacial score (nSPS) is 15.9. The number of nitrogens with one attached hydrogen (secondary N) is 2. The number of aryl methyl sites for hydroxylation is 1. The molecule has 0 aliphatic heterocycles. The number of hydrogen-bond donors (Lipinski definition) is 3. The maximum atomic E-state index is 11.9. The fourth-order valence-corrected chi connectivity index (χ4v) is 3.29. The quantitative estimate of drug-likeness (QED) is 0.769. The van der Waals surface area contributed by atoms with Crippen molar-refractivity contribution in [1.82, 2.24) is 5.32 Å². The largest absolute Gasteiger partial charge is 0.480 e. The Balaban J connectivity index is 1.98. The second-order valence-electron chi connectivity index (χ2n) is 5.24. The highest BCUT2D eigenvalue weighted by molar-refractivity contribution is 7.16. The summed E-state index contributed by atoms with van der Waals surface area (Å²) in [7, 11) is 0. The van der Waals surface area contributed by atoms with Crippen LogP contribution in [0.2, 0.25) is 0 Å². The van der Waals surface area contributed by atoms with Crippen molar-refractivity contribution >= 4 is 28.2 Å². The summed E-state index contributed by atoms with van der Waals surface area (Å²) in [6, 6.07) is 2.08. The summed E-state index contributed by atoms with van der Waals surface area (Å²) in [6.07, 6.45) is 1.93. The van der Waals surface area contributed by atoms with Gasteiger partial charge in [-0.1, -0.05) is 0 Å². The van der Waals surface area contributed by atoms with E-state index in [-0.39, 0.29) is 12.5 Å². The van der Waals surface area contributed by atoms with Gasteiger partial charge in [-0.3, -0.25) is 14.9 Å². The molecule has 0 spiro atoms. The molecular formula is C14H17N3O3S. The maximum Gasteiger partial charge on any atom is 0.323 e.